The van der Waals surface area contributed by atoms with Crippen LogP contribution in [0.5, 0.6) is 5.88 Å². The van der Waals surface area contributed by atoms with Gasteiger partial charge in [0.2, 0.25) is 5.88 Å². The van der Waals surface area contributed by atoms with Crippen LogP contribution in [0.4, 0.5) is 0 Å². The summed E-state index contributed by atoms with van der Waals surface area (Å²) in [5.41, 5.74) is 5.28. The molecule has 1 amide bonds. The highest BCUT2D eigenvalue weighted by molar-refractivity contribution is 5.85. The second-order valence-electron chi connectivity index (χ2n) is 9.14. The molecule has 4 aromatic rings. The van der Waals surface area contributed by atoms with Crippen molar-refractivity contribution in [1.82, 2.24) is 24.6 Å². The second-order valence-corrected chi connectivity index (χ2v) is 9.14. The Balaban J connectivity index is 1.25. The van der Waals surface area contributed by atoms with Gasteiger partial charge in [-0.2, -0.15) is 0 Å². The van der Waals surface area contributed by atoms with Gasteiger partial charge in [-0.25, -0.2) is 9.67 Å². The first kappa shape index (κ1) is 23.1. The third-order valence-electron chi connectivity index (χ3n) is 6.68. The van der Waals surface area contributed by atoms with Crippen molar-refractivity contribution < 1.29 is 9.53 Å². The van der Waals surface area contributed by atoms with Gasteiger partial charge in [0.1, 0.15) is 0 Å². The van der Waals surface area contributed by atoms with Crippen LogP contribution in [0.15, 0.2) is 66.7 Å². The van der Waals surface area contributed by atoms with Crippen molar-refractivity contribution in [3.63, 3.8) is 0 Å². The molecule has 1 saturated heterocycles. The first-order chi connectivity index (χ1) is 17.0. The predicted octanol–water partition coefficient (Wildman–Crippen LogP) is 3.90. The van der Waals surface area contributed by atoms with Crippen LogP contribution in [-0.2, 0) is 11.8 Å². The molecule has 0 bridgehead atoms. The highest BCUT2D eigenvalue weighted by atomic mass is 16.5. The number of nitrogens with zero attached hydrogens (tertiary/aromatic N) is 5. The van der Waals surface area contributed by atoms with Crippen LogP contribution >= 0.6 is 0 Å². The molecule has 0 atom stereocenters. The van der Waals surface area contributed by atoms with Crippen LogP contribution in [0.25, 0.3) is 11.0 Å². The SMILES string of the molecule is Cc1cc(C)c2c(OCC(=O)N3CCN(C(c4ccccc4)c4ccccc4)CC3)nn(C)c2n1. The lowest BCUT2D eigenvalue weighted by molar-refractivity contribution is -0.135. The molecule has 5 rings (SSSR count). The number of carbonyl (C=O) groups excluding carboxylic acids is 1. The van der Waals surface area contributed by atoms with Gasteiger partial charge < -0.3 is 9.64 Å². The van der Waals surface area contributed by atoms with E-state index in [1.165, 1.54) is 11.1 Å². The standard InChI is InChI=1S/C28H31N5O2/c1-20-18-21(2)29-27-25(20)28(30-31(27)3)35-19-24(34)32-14-16-33(17-15-32)26(22-10-6-4-7-11-22)23-12-8-5-9-13-23/h4-13,18,26H,14-17,19H2,1-3H3. The van der Waals surface area contributed by atoms with Crippen molar-refractivity contribution in [3.05, 3.63) is 89.1 Å². The summed E-state index contributed by atoms with van der Waals surface area (Å²) < 4.78 is 7.62. The van der Waals surface area contributed by atoms with Gasteiger partial charge in [0.25, 0.3) is 5.91 Å². The Morgan fingerprint density at radius 1 is 0.943 bits per heavy atom. The van der Waals surface area contributed by atoms with Crippen molar-refractivity contribution in [3.8, 4) is 5.88 Å². The lowest BCUT2D eigenvalue weighted by atomic mass is 9.96. The smallest absolute Gasteiger partial charge is 0.260 e. The predicted molar refractivity (Wildman–Crippen MR) is 136 cm³/mol. The minimum absolute atomic E-state index is 0.0165. The zero-order chi connectivity index (χ0) is 24.4. The molecule has 0 radical (unpaired) electrons. The van der Waals surface area contributed by atoms with Crippen LogP contribution in [-0.4, -0.2) is 63.3 Å². The van der Waals surface area contributed by atoms with Gasteiger partial charge >= 0.3 is 0 Å². The third-order valence-corrected chi connectivity index (χ3v) is 6.68. The van der Waals surface area contributed by atoms with E-state index in [2.05, 4.69) is 63.5 Å². The lowest BCUT2D eigenvalue weighted by Gasteiger charge is -2.39. The fraction of sp³-hybridized carbons (Fsp3) is 0.321. The topological polar surface area (TPSA) is 63.5 Å². The lowest BCUT2D eigenvalue weighted by Crippen LogP contribution is -2.51. The van der Waals surface area contributed by atoms with Crippen molar-refractivity contribution in [2.75, 3.05) is 32.8 Å². The molecule has 7 heteroatoms. The molecule has 35 heavy (non-hydrogen) atoms. The number of aromatic nitrogens is 3. The number of benzene rings is 2. The summed E-state index contributed by atoms with van der Waals surface area (Å²) in [6.07, 6.45) is 0. The number of ether oxygens (including phenoxy) is 1. The first-order valence-electron chi connectivity index (χ1n) is 12.1. The summed E-state index contributed by atoms with van der Waals surface area (Å²) in [6.45, 7) is 6.89. The minimum atomic E-state index is -0.0276. The molecule has 0 aliphatic carbocycles. The minimum Gasteiger partial charge on any atom is -0.466 e. The molecule has 2 aromatic carbocycles. The second kappa shape index (κ2) is 9.88. The van der Waals surface area contributed by atoms with E-state index in [0.29, 0.717) is 19.0 Å². The summed E-state index contributed by atoms with van der Waals surface area (Å²) in [4.78, 5) is 21.9. The monoisotopic (exact) mass is 469 g/mol. The molecule has 1 aliphatic rings. The molecule has 0 N–H and O–H groups in total. The Bertz CT molecular complexity index is 1270. The molecule has 180 valence electrons. The zero-order valence-corrected chi connectivity index (χ0v) is 20.5. The zero-order valence-electron chi connectivity index (χ0n) is 20.5. The highest BCUT2D eigenvalue weighted by Crippen LogP contribution is 2.30. The van der Waals surface area contributed by atoms with Crippen LogP contribution in [0.2, 0.25) is 0 Å². The van der Waals surface area contributed by atoms with Gasteiger partial charge in [-0.1, -0.05) is 60.7 Å². The number of hydrogen-bond acceptors (Lipinski definition) is 5. The van der Waals surface area contributed by atoms with E-state index in [9.17, 15) is 4.79 Å². The first-order valence-corrected chi connectivity index (χ1v) is 12.1. The van der Waals surface area contributed by atoms with E-state index in [-0.39, 0.29) is 18.6 Å². The largest absolute Gasteiger partial charge is 0.466 e. The number of piperazine rings is 1. The summed E-state index contributed by atoms with van der Waals surface area (Å²) in [7, 11) is 1.85. The number of rotatable bonds is 6. The fourth-order valence-electron chi connectivity index (χ4n) is 4.99. The summed E-state index contributed by atoms with van der Waals surface area (Å²) >= 11 is 0. The van der Waals surface area contributed by atoms with E-state index in [1.807, 2.05) is 44.0 Å². The maximum absolute atomic E-state index is 13.0. The summed E-state index contributed by atoms with van der Waals surface area (Å²) in [5.74, 6) is 0.449. The molecule has 2 aromatic heterocycles. The quantitative estimate of drug-likeness (QED) is 0.429. The Morgan fingerprint density at radius 3 is 2.14 bits per heavy atom. The molecule has 1 aliphatic heterocycles. The molecular formula is C28H31N5O2. The molecule has 7 nitrogen and oxygen atoms in total. The maximum Gasteiger partial charge on any atom is 0.260 e. The normalized spacial score (nSPS) is 14.6. The van der Waals surface area contributed by atoms with E-state index in [4.69, 9.17) is 4.74 Å². The number of amides is 1. The molecule has 0 spiro atoms. The number of pyridine rings is 1. The summed E-state index contributed by atoms with van der Waals surface area (Å²) in [6, 6.07) is 23.3. The molecular weight excluding hydrogens is 438 g/mol. The third kappa shape index (κ3) is 4.77. The Kier molecular flexibility index (Phi) is 6.51. The number of aryl methyl sites for hydroxylation is 3. The van der Waals surface area contributed by atoms with Crippen LogP contribution in [0, 0.1) is 13.8 Å². The number of fused-ring (bicyclic) bond motifs is 1. The number of hydrogen-bond donors (Lipinski definition) is 0. The Morgan fingerprint density at radius 2 is 1.54 bits per heavy atom. The van der Waals surface area contributed by atoms with E-state index < -0.39 is 0 Å². The molecule has 3 heterocycles. The average Bonchev–Trinajstić information content (AvgIpc) is 3.20. The van der Waals surface area contributed by atoms with Crippen molar-refractivity contribution >= 4 is 16.9 Å². The van der Waals surface area contributed by atoms with E-state index in [1.54, 1.807) is 4.68 Å². The Labute approximate surface area is 205 Å². The van der Waals surface area contributed by atoms with E-state index >= 15 is 0 Å². The van der Waals surface area contributed by atoms with Gasteiger partial charge in [0, 0.05) is 38.9 Å². The van der Waals surface area contributed by atoms with Crippen LogP contribution in [0.3, 0.4) is 0 Å². The maximum atomic E-state index is 13.0. The average molecular weight is 470 g/mol. The highest BCUT2D eigenvalue weighted by Gasteiger charge is 2.28. The van der Waals surface area contributed by atoms with Gasteiger partial charge in [-0.15, -0.1) is 5.10 Å². The van der Waals surface area contributed by atoms with Crippen LogP contribution < -0.4 is 4.74 Å². The fourth-order valence-corrected chi connectivity index (χ4v) is 4.99. The van der Waals surface area contributed by atoms with Gasteiger partial charge in [-0.05, 0) is 36.6 Å². The van der Waals surface area contributed by atoms with Gasteiger partial charge in [0.15, 0.2) is 12.3 Å². The van der Waals surface area contributed by atoms with Crippen molar-refractivity contribution in [2.45, 2.75) is 19.9 Å². The molecule has 1 fully saturated rings. The van der Waals surface area contributed by atoms with Crippen molar-refractivity contribution in [1.29, 1.82) is 0 Å². The Hall–Kier alpha value is -3.71. The number of carbonyl (C=O) groups is 1. The molecule has 0 saturated carbocycles. The van der Waals surface area contributed by atoms with Crippen molar-refractivity contribution in [2.24, 2.45) is 7.05 Å². The van der Waals surface area contributed by atoms with E-state index in [0.717, 1.165) is 35.4 Å². The molecule has 0 unspecified atom stereocenters. The van der Waals surface area contributed by atoms with Crippen LogP contribution in [0.1, 0.15) is 28.4 Å². The summed E-state index contributed by atoms with van der Waals surface area (Å²) in [5, 5.41) is 5.33. The van der Waals surface area contributed by atoms with Gasteiger partial charge in [-0.3, -0.25) is 9.69 Å². The van der Waals surface area contributed by atoms with Gasteiger partial charge in [0.05, 0.1) is 11.4 Å².